The molecule has 0 fully saturated rings. The van der Waals surface area contributed by atoms with Gasteiger partial charge in [-0.15, -0.1) is 0 Å². The van der Waals surface area contributed by atoms with Crippen LogP contribution in [-0.2, 0) is 21.1 Å². The number of hydrogen-bond donors (Lipinski definition) is 1. The maximum atomic E-state index is 11.7. The molecule has 1 heterocycles. The molecule has 0 aliphatic heterocycles. The summed E-state index contributed by atoms with van der Waals surface area (Å²) in [4.78, 5) is 15.9. The van der Waals surface area contributed by atoms with Crippen LogP contribution in [0.4, 0.5) is 0 Å². The van der Waals surface area contributed by atoms with Crippen LogP contribution in [0.25, 0.3) is 22.6 Å². The minimum Gasteiger partial charge on any atom is -0.481 e. The molecule has 6 nitrogen and oxygen atoms in total. The maximum Gasteiger partial charge on any atom is 0.306 e. The highest BCUT2D eigenvalue weighted by Crippen LogP contribution is 2.33. The van der Waals surface area contributed by atoms with Crippen LogP contribution in [0.2, 0.25) is 0 Å². The lowest BCUT2D eigenvalue weighted by atomic mass is 10.1. The monoisotopic (exact) mass is 385 g/mol. The Kier molecular flexibility index (Phi) is 5.14. The van der Waals surface area contributed by atoms with E-state index in [4.69, 9.17) is 9.52 Å². The Labute approximate surface area is 157 Å². The molecule has 2 aromatic carbocycles. The summed E-state index contributed by atoms with van der Waals surface area (Å²) in [5.41, 5.74) is 2.05. The standard InChI is InChI=1S/C20H19NO5S/c1-13(20(22)23)12-17-21-18(19(26-17)15-6-4-3-5-7-15)14-8-10-16(11-9-14)27(2,24)25/h3-11,13H,12H2,1-2H3,(H,22,23). The minimum atomic E-state index is -3.29. The van der Waals surface area contributed by atoms with Crippen molar-refractivity contribution in [2.45, 2.75) is 18.2 Å². The second kappa shape index (κ2) is 7.36. The third-order valence-corrected chi connectivity index (χ3v) is 5.29. The first-order chi connectivity index (χ1) is 12.8. The molecule has 27 heavy (non-hydrogen) atoms. The smallest absolute Gasteiger partial charge is 0.306 e. The Morgan fingerprint density at radius 3 is 2.26 bits per heavy atom. The molecule has 0 spiro atoms. The highest BCUT2D eigenvalue weighted by molar-refractivity contribution is 7.90. The fourth-order valence-corrected chi connectivity index (χ4v) is 3.27. The van der Waals surface area contributed by atoms with E-state index in [2.05, 4.69) is 4.98 Å². The number of aromatic nitrogens is 1. The summed E-state index contributed by atoms with van der Waals surface area (Å²) in [7, 11) is -3.29. The van der Waals surface area contributed by atoms with E-state index >= 15 is 0 Å². The Hall–Kier alpha value is -2.93. The SMILES string of the molecule is CC(Cc1nc(-c2ccc(S(C)(=O)=O)cc2)c(-c2ccccc2)o1)C(=O)O. The predicted molar refractivity (Wildman–Crippen MR) is 101 cm³/mol. The largest absolute Gasteiger partial charge is 0.481 e. The van der Waals surface area contributed by atoms with E-state index in [1.165, 1.54) is 12.1 Å². The Morgan fingerprint density at radius 2 is 1.70 bits per heavy atom. The topological polar surface area (TPSA) is 97.5 Å². The van der Waals surface area contributed by atoms with E-state index < -0.39 is 21.7 Å². The Bertz CT molecular complexity index is 1050. The molecule has 0 saturated heterocycles. The molecule has 3 rings (SSSR count). The number of sulfone groups is 1. The lowest BCUT2D eigenvalue weighted by Gasteiger charge is -2.03. The van der Waals surface area contributed by atoms with Gasteiger partial charge in [-0.2, -0.15) is 0 Å². The molecule has 0 amide bonds. The molecular formula is C20H19NO5S. The molecule has 1 unspecified atom stereocenters. The molecule has 1 N–H and O–H groups in total. The lowest BCUT2D eigenvalue weighted by molar-refractivity contribution is -0.141. The molecule has 1 aromatic heterocycles. The van der Waals surface area contributed by atoms with E-state index in [0.29, 0.717) is 22.9 Å². The van der Waals surface area contributed by atoms with Crippen molar-refractivity contribution in [3.05, 3.63) is 60.5 Å². The fraction of sp³-hybridized carbons (Fsp3) is 0.200. The van der Waals surface area contributed by atoms with Gasteiger partial charge in [-0.25, -0.2) is 13.4 Å². The molecule has 0 saturated carbocycles. The summed E-state index contributed by atoms with van der Waals surface area (Å²) in [6.07, 6.45) is 1.31. The van der Waals surface area contributed by atoms with Gasteiger partial charge in [0.25, 0.3) is 0 Å². The second-order valence-corrected chi connectivity index (χ2v) is 8.41. The number of rotatable bonds is 6. The van der Waals surface area contributed by atoms with Gasteiger partial charge in [0.2, 0.25) is 0 Å². The van der Waals surface area contributed by atoms with Crippen LogP contribution in [-0.4, -0.2) is 30.7 Å². The van der Waals surface area contributed by atoms with Gasteiger partial charge < -0.3 is 9.52 Å². The predicted octanol–water partition coefficient (Wildman–Crippen LogP) is 3.68. The first-order valence-electron chi connectivity index (χ1n) is 8.34. The summed E-state index contributed by atoms with van der Waals surface area (Å²) in [6, 6.07) is 15.8. The van der Waals surface area contributed by atoms with Crippen molar-refractivity contribution in [3.63, 3.8) is 0 Å². The van der Waals surface area contributed by atoms with Gasteiger partial charge in [0.05, 0.1) is 10.8 Å². The van der Waals surface area contributed by atoms with Crippen molar-refractivity contribution >= 4 is 15.8 Å². The maximum absolute atomic E-state index is 11.7. The third kappa shape index (κ3) is 4.25. The van der Waals surface area contributed by atoms with Crippen LogP contribution >= 0.6 is 0 Å². The van der Waals surface area contributed by atoms with Crippen molar-refractivity contribution in [3.8, 4) is 22.6 Å². The molecule has 7 heteroatoms. The summed E-state index contributed by atoms with van der Waals surface area (Å²) in [5.74, 6) is -0.706. The fourth-order valence-electron chi connectivity index (χ4n) is 2.64. The number of carboxylic acids is 1. The number of hydrogen-bond acceptors (Lipinski definition) is 5. The van der Waals surface area contributed by atoms with Gasteiger partial charge >= 0.3 is 5.97 Å². The molecule has 0 aliphatic carbocycles. The average Bonchev–Trinajstić information content (AvgIpc) is 3.05. The number of nitrogens with zero attached hydrogens (tertiary/aromatic N) is 1. The minimum absolute atomic E-state index is 0.163. The van der Waals surface area contributed by atoms with E-state index in [-0.39, 0.29) is 11.3 Å². The molecular weight excluding hydrogens is 366 g/mol. The normalized spacial score (nSPS) is 12.7. The third-order valence-electron chi connectivity index (χ3n) is 4.17. The molecule has 0 aliphatic rings. The summed E-state index contributed by atoms with van der Waals surface area (Å²) in [6.45, 7) is 1.59. The summed E-state index contributed by atoms with van der Waals surface area (Å²) in [5, 5.41) is 9.13. The van der Waals surface area contributed by atoms with Gasteiger partial charge in [-0.3, -0.25) is 4.79 Å². The molecule has 3 aromatic rings. The van der Waals surface area contributed by atoms with E-state index in [0.717, 1.165) is 11.8 Å². The first kappa shape index (κ1) is 18.8. The van der Waals surface area contributed by atoms with E-state index in [9.17, 15) is 13.2 Å². The van der Waals surface area contributed by atoms with Crippen molar-refractivity contribution in [2.24, 2.45) is 5.92 Å². The van der Waals surface area contributed by atoms with Crippen LogP contribution in [0.15, 0.2) is 63.9 Å². The van der Waals surface area contributed by atoms with Crippen molar-refractivity contribution in [1.29, 1.82) is 0 Å². The Balaban J connectivity index is 2.07. The molecule has 0 radical (unpaired) electrons. The van der Waals surface area contributed by atoms with Gasteiger partial charge in [0.1, 0.15) is 5.69 Å². The zero-order valence-electron chi connectivity index (χ0n) is 14.9. The number of aliphatic carboxylic acids is 1. The number of carboxylic acid groups (broad SMARTS) is 1. The molecule has 1 atom stereocenters. The molecule has 0 bridgehead atoms. The number of oxazole rings is 1. The van der Waals surface area contributed by atoms with Crippen LogP contribution in [0.3, 0.4) is 0 Å². The zero-order valence-corrected chi connectivity index (χ0v) is 15.7. The van der Waals surface area contributed by atoms with Gasteiger partial charge in [-0.1, -0.05) is 49.4 Å². The Morgan fingerprint density at radius 1 is 1.07 bits per heavy atom. The van der Waals surface area contributed by atoms with E-state index in [1.54, 1.807) is 19.1 Å². The number of carbonyl (C=O) groups is 1. The number of benzene rings is 2. The highest BCUT2D eigenvalue weighted by atomic mass is 32.2. The quantitative estimate of drug-likeness (QED) is 0.695. The summed E-state index contributed by atoms with van der Waals surface area (Å²) >= 11 is 0. The van der Waals surface area contributed by atoms with Crippen LogP contribution in [0.1, 0.15) is 12.8 Å². The zero-order chi connectivity index (χ0) is 19.6. The van der Waals surface area contributed by atoms with Gasteiger partial charge in [0.15, 0.2) is 21.5 Å². The first-order valence-corrected chi connectivity index (χ1v) is 10.2. The van der Waals surface area contributed by atoms with Gasteiger partial charge in [0, 0.05) is 23.8 Å². The van der Waals surface area contributed by atoms with Crippen LogP contribution < -0.4 is 0 Å². The van der Waals surface area contributed by atoms with Crippen molar-refractivity contribution in [2.75, 3.05) is 6.26 Å². The van der Waals surface area contributed by atoms with Crippen molar-refractivity contribution in [1.82, 2.24) is 4.98 Å². The lowest BCUT2D eigenvalue weighted by Crippen LogP contribution is -2.12. The molecule has 140 valence electrons. The summed E-state index contributed by atoms with van der Waals surface area (Å²) < 4.78 is 29.2. The van der Waals surface area contributed by atoms with Crippen molar-refractivity contribution < 1.29 is 22.7 Å². The van der Waals surface area contributed by atoms with Crippen LogP contribution in [0, 0.1) is 5.92 Å². The van der Waals surface area contributed by atoms with Gasteiger partial charge in [-0.05, 0) is 12.1 Å². The second-order valence-electron chi connectivity index (χ2n) is 6.39. The average molecular weight is 385 g/mol. The highest BCUT2D eigenvalue weighted by Gasteiger charge is 2.21. The van der Waals surface area contributed by atoms with E-state index in [1.807, 2.05) is 30.3 Å². The van der Waals surface area contributed by atoms with Crippen LogP contribution in [0.5, 0.6) is 0 Å².